The molecule has 4 heteroatoms. The summed E-state index contributed by atoms with van der Waals surface area (Å²) in [6, 6.07) is 7.68. The highest BCUT2D eigenvalue weighted by Crippen LogP contribution is 2.27. The van der Waals surface area contributed by atoms with Gasteiger partial charge in [-0.1, -0.05) is 24.6 Å². The van der Waals surface area contributed by atoms with Crippen molar-refractivity contribution in [2.75, 3.05) is 13.7 Å². The Morgan fingerprint density at radius 3 is 2.81 bits per heavy atom. The minimum Gasteiger partial charge on any atom is -0.496 e. The Hall–Kier alpha value is -1.94. The van der Waals surface area contributed by atoms with Crippen molar-refractivity contribution in [2.24, 2.45) is 0 Å². The molecule has 3 nitrogen and oxygen atoms in total. The van der Waals surface area contributed by atoms with E-state index >= 15 is 0 Å². The van der Waals surface area contributed by atoms with Gasteiger partial charge in [-0.25, -0.2) is 4.39 Å². The van der Waals surface area contributed by atoms with Crippen LogP contribution in [0.5, 0.6) is 5.75 Å². The highest BCUT2D eigenvalue weighted by molar-refractivity contribution is 5.38. The number of halogens is 1. The average Bonchev–Trinajstić information content (AvgIpc) is 2.48. The van der Waals surface area contributed by atoms with Crippen LogP contribution in [-0.4, -0.2) is 18.6 Å². The number of pyridine rings is 1. The van der Waals surface area contributed by atoms with Crippen LogP contribution in [0.3, 0.4) is 0 Å². The molecule has 1 heterocycles. The fraction of sp³-hybridized carbons (Fsp3) is 0.353. The van der Waals surface area contributed by atoms with Crippen molar-refractivity contribution >= 4 is 0 Å². The van der Waals surface area contributed by atoms with Crippen LogP contribution in [0.25, 0.3) is 0 Å². The minimum absolute atomic E-state index is 0.103. The number of likely N-dealkylation sites (N-methyl/N-ethyl adjacent to an activating group) is 1. The molecule has 1 unspecified atom stereocenters. The van der Waals surface area contributed by atoms with Gasteiger partial charge in [0.1, 0.15) is 11.6 Å². The second-order valence-corrected chi connectivity index (χ2v) is 5.03. The third-order valence-electron chi connectivity index (χ3n) is 3.49. The summed E-state index contributed by atoms with van der Waals surface area (Å²) in [7, 11) is 1.66. The number of methoxy groups -OCH3 is 1. The van der Waals surface area contributed by atoms with Gasteiger partial charge in [0.05, 0.1) is 13.3 Å². The summed E-state index contributed by atoms with van der Waals surface area (Å²) in [6.45, 7) is 4.82. The van der Waals surface area contributed by atoms with Gasteiger partial charge in [-0.05, 0) is 37.6 Å². The number of aryl methyl sites for hydroxylation is 1. The van der Waals surface area contributed by atoms with Crippen LogP contribution in [0.1, 0.15) is 29.7 Å². The molecule has 0 amide bonds. The molecule has 0 bridgehead atoms. The van der Waals surface area contributed by atoms with Crippen molar-refractivity contribution in [1.29, 1.82) is 0 Å². The lowest BCUT2D eigenvalue weighted by Crippen LogP contribution is -2.24. The Bertz CT molecular complexity index is 601. The van der Waals surface area contributed by atoms with Crippen molar-refractivity contribution in [3.05, 3.63) is 59.2 Å². The van der Waals surface area contributed by atoms with Crippen LogP contribution >= 0.6 is 0 Å². The second-order valence-electron chi connectivity index (χ2n) is 5.03. The summed E-state index contributed by atoms with van der Waals surface area (Å²) in [5.74, 6) is 0.549. The van der Waals surface area contributed by atoms with Crippen molar-refractivity contribution in [2.45, 2.75) is 26.3 Å². The molecule has 1 N–H and O–H groups in total. The maximum atomic E-state index is 14.0. The molecule has 112 valence electrons. The van der Waals surface area contributed by atoms with E-state index < -0.39 is 0 Å². The minimum atomic E-state index is -0.282. The van der Waals surface area contributed by atoms with Gasteiger partial charge >= 0.3 is 0 Å². The van der Waals surface area contributed by atoms with Gasteiger partial charge in [-0.3, -0.25) is 4.98 Å². The number of aromatic nitrogens is 1. The molecule has 0 saturated heterocycles. The predicted octanol–water partition coefficient (Wildman–Crippen LogP) is 3.43. The van der Waals surface area contributed by atoms with E-state index in [0.29, 0.717) is 12.0 Å². The zero-order valence-corrected chi connectivity index (χ0v) is 12.7. The van der Waals surface area contributed by atoms with Crippen LogP contribution in [0, 0.1) is 12.7 Å². The number of hydrogen-bond acceptors (Lipinski definition) is 3. The highest BCUT2D eigenvalue weighted by Gasteiger charge is 2.17. The van der Waals surface area contributed by atoms with E-state index in [1.807, 2.05) is 26.0 Å². The predicted molar refractivity (Wildman–Crippen MR) is 82.0 cm³/mol. The lowest BCUT2D eigenvalue weighted by atomic mass is 9.97. The highest BCUT2D eigenvalue weighted by atomic mass is 19.1. The fourth-order valence-corrected chi connectivity index (χ4v) is 2.49. The van der Waals surface area contributed by atoms with Gasteiger partial charge in [0.15, 0.2) is 0 Å². The molecule has 2 rings (SSSR count). The molecular weight excluding hydrogens is 267 g/mol. The quantitative estimate of drug-likeness (QED) is 0.884. The van der Waals surface area contributed by atoms with E-state index in [4.69, 9.17) is 4.74 Å². The van der Waals surface area contributed by atoms with Crippen LogP contribution in [0.15, 0.2) is 36.7 Å². The third-order valence-corrected chi connectivity index (χ3v) is 3.49. The number of hydrogen-bond donors (Lipinski definition) is 1. The van der Waals surface area contributed by atoms with E-state index in [9.17, 15) is 4.39 Å². The molecule has 0 saturated carbocycles. The first-order chi connectivity index (χ1) is 10.2. The first-order valence-electron chi connectivity index (χ1n) is 7.12. The van der Waals surface area contributed by atoms with Gasteiger partial charge in [-0.2, -0.15) is 0 Å². The molecule has 1 aromatic carbocycles. The van der Waals surface area contributed by atoms with Crippen LogP contribution < -0.4 is 10.1 Å². The third kappa shape index (κ3) is 3.79. The number of ether oxygens (including phenoxy) is 1. The molecule has 1 atom stereocenters. The Labute approximate surface area is 125 Å². The molecule has 0 fully saturated rings. The Balaban J connectivity index is 2.33. The van der Waals surface area contributed by atoms with E-state index in [1.165, 1.54) is 6.20 Å². The molecule has 0 radical (unpaired) electrons. The smallest absolute Gasteiger partial charge is 0.146 e. The summed E-state index contributed by atoms with van der Waals surface area (Å²) in [4.78, 5) is 3.81. The van der Waals surface area contributed by atoms with E-state index in [1.54, 1.807) is 19.4 Å². The lowest BCUT2D eigenvalue weighted by Gasteiger charge is -2.20. The van der Waals surface area contributed by atoms with Gasteiger partial charge < -0.3 is 10.1 Å². The summed E-state index contributed by atoms with van der Waals surface area (Å²) >= 11 is 0. The number of benzene rings is 1. The van der Waals surface area contributed by atoms with Crippen LogP contribution in [0.2, 0.25) is 0 Å². The standard InChI is InChI=1S/C17H21FN2O/c1-4-20-16(14-7-8-19-11-15(14)18)10-13-9-12(2)5-6-17(13)21-3/h5-9,11,16,20H,4,10H2,1-3H3. The van der Waals surface area contributed by atoms with E-state index in [0.717, 1.165) is 23.4 Å². The number of nitrogens with zero attached hydrogens (tertiary/aromatic N) is 1. The topological polar surface area (TPSA) is 34.1 Å². The van der Waals surface area contributed by atoms with Gasteiger partial charge in [-0.15, -0.1) is 0 Å². The van der Waals surface area contributed by atoms with Crippen LogP contribution in [0.4, 0.5) is 4.39 Å². The maximum absolute atomic E-state index is 14.0. The average molecular weight is 288 g/mol. The van der Waals surface area contributed by atoms with E-state index in [-0.39, 0.29) is 11.9 Å². The largest absolute Gasteiger partial charge is 0.496 e. The molecule has 0 aliphatic heterocycles. The summed E-state index contributed by atoms with van der Waals surface area (Å²) in [6.07, 6.45) is 3.54. The molecule has 2 aromatic rings. The van der Waals surface area contributed by atoms with E-state index in [2.05, 4.69) is 16.4 Å². The number of rotatable bonds is 6. The zero-order chi connectivity index (χ0) is 15.2. The van der Waals surface area contributed by atoms with Crippen molar-refractivity contribution in [3.8, 4) is 5.75 Å². The Morgan fingerprint density at radius 2 is 2.14 bits per heavy atom. The monoisotopic (exact) mass is 288 g/mol. The van der Waals surface area contributed by atoms with Gasteiger partial charge in [0.2, 0.25) is 0 Å². The second kappa shape index (κ2) is 7.18. The fourth-order valence-electron chi connectivity index (χ4n) is 2.49. The van der Waals surface area contributed by atoms with Gasteiger partial charge in [0.25, 0.3) is 0 Å². The zero-order valence-electron chi connectivity index (χ0n) is 12.7. The molecule has 21 heavy (non-hydrogen) atoms. The van der Waals surface area contributed by atoms with Crippen LogP contribution in [-0.2, 0) is 6.42 Å². The molecule has 0 aliphatic carbocycles. The summed E-state index contributed by atoms with van der Waals surface area (Å²) < 4.78 is 19.4. The molecule has 0 aliphatic rings. The van der Waals surface area contributed by atoms with Crippen molar-refractivity contribution < 1.29 is 9.13 Å². The Kier molecular flexibility index (Phi) is 5.28. The molecule has 1 aromatic heterocycles. The molecule has 0 spiro atoms. The van der Waals surface area contributed by atoms with Gasteiger partial charge in [0, 0.05) is 17.8 Å². The first kappa shape index (κ1) is 15.4. The Morgan fingerprint density at radius 1 is 1.33 bits per heavy atom. The maximum Gasteiger partial charge on any atom is 0.146 e. The first-order valence-corrected chi connectivity index (χ1v) is 7.12. The van der Waals surface area contributed by atoms with Crippen molar-refractivity contribution in [1.82, 2.24) is 10.3 Å². The molecular formula is C17H21FN2O. The normalized spacial score (nSPS) is 12.2. The lowest BCUT2D eigenvalue weighted by molar-refractivity contribution is 0.404. The SMILES string of the molecule is CCNC(Cc1cc(C)ccc1OC)c1ccncc1F. The van der Waals surface area contributed by atoms with Crippen molar-refractivity contribution in [3.63, 3.8) is 0 Å². The number of nitrogens with one attached hydrogen (secondary N) is 1. The summed E-state index contributed by atoms with van der Waals surface area (Å²) in [5.41, 5.74) is 2.87. The summed E-state index contributed by atoms with van der Waals surface area (Å²) in [5, 5.41) is 3.34.